The van der Waals surface area contributed by atoms with E-state index in [4.69, 9.17) is 0 Å². The Morgan fingerprint density at radius 3 is 1.16 bits per heavy atom. The minimum Gasteiger partial charge on any atom is -0.466 e. The quantitative estimate of drug-likeness (QED) is 0.440. The van der Waals surface area contributed by atoms with Crippen LogP contribution in [0.25, 0.3) is 0 Å². The predicted molar refractivity (Wildman–Crippen MR) is 63.9 cm³/mol. The van der Waals surface area contributed by atoms with Crippen LogP contribution in [0.4, 0.5) is 0 Å². The topological polar surface area (TPSA) is 86.7 Å². The summed E-state index contributed by atoms with van der Waals surface area (Å²) < 4.78 is 8.99. The smallest absolute Gasteiger partial charge is 0.313 e. The molecule has 0 aromatic heterocycles. The van der Waals surface area contributed by atoms with Gasteiger partial charge in [-0.25, -0.2) is 0 Å². The number of carbonyl (C=O) groups is 4. The number of esters is 2. The summed E-state index contributed by atoms with van der Waals surface area (Å²) in [6, 6.07) is 0. The third-order valence-corrected chi connectivity index (χ3v) is 1.40. The predicted octanol–water partition coefficient (Wildman–Crippen LogP) is 1.05. The van der Waals surface area contributed by atoms with E-state index in [2.05, 4.69) is 9.47 Å². The van der Waals surface area contributed by atoms with Crippen LogP contribution in [0.5, 0.6) is 0 Å². The van der Waals surface area contributed by atoms with E-state index in [1.165, 1.54) is 13.8 Å². The molecule has 0 aromatic carbocycles. The van der Waals surface area contributed by atoms with Crippen LogP contribution in [0, 0.1) is 0 Å². The minimum atomic E-state index is -0.440. The standard InChI is InChI=1S/2C6H10O3.Pt/c2*1-3-9-6(8)4-5(2)7;/h2*3-4H2,1-2H3;. The van der Waals surface area contributed by atoms with Gasteiger partial charge in [-0.05, 0) is 27.7 Å². The van der Waals surface area contributed by atoms with Gasteiger partial charge in [0.2, 0.25) is 0 Å². The number of ketones is 2. The summed E-state index contributed by atoms with van der Waals surface area (Å²) in [5, 5.41) is 0. The molecular formula is C12H20O6Pt. The van der Waals surface area contributed by atoms with E-state index in [-0.39, 0.29) is 45.5 Å². The van der Waals surface area contributed by atoms with Gasteiger partial charge in [0.25, 0.3) is 0 Å². The molecule has 19 heavy (non-hydrogen) atoms. The maximum Gasteiger partial charge on any atom is 0.313 e. The molecule has 0 spiro atoms. The molecule has 0 amide bonds. The molecule has 0 atom stereocenters. The summed E-state index contributed by atoms with van der Waals surface area (Å²) in [5.74, 6) is -1.20. The Bertz CT molecular complexity index is 271. The van der Waals surface area contributed by atoms with Crippen molar-refractivity contribution in [2.24, 2.45) is 0 Å². The number of hydrogen-bond acceptors (Lipinski definition) is 6. The SMILES string of the molecule is CCOC(=O)CC(C)=O.CCOC(=O)CC(C)=O.[Pt]. The van der Waals surface area contributed by atoms with Gasteiger partial charge < -0.3 is 9.47 Å². The fraction of sp³-hybridized carbons (Fsp3) is 0.667. The second-order valence-electron chi connectivity index (χ2n) is 3.37. The molecule has 0 saturated heterocycles. The second-order valence-corrected chi connectivity index (χ2v) is 3.37. The molecule has 0 saturated carbocycles. The molecule has 7 heteroatoms. The number of ether oxygens (including phenoxy) is 2. The van der Waals surface area contributed by atoms with E-state index in [1.54, 1.807) is 13.8 Å². The zero-order chi connectivity index (χ0) is 14.6. The van der Waals surface area contributed by atoms with Crippen molar-refractivity contribution < 1.29 is 49.7 Å². The average molecular weight is 455 g/mol. The van der Waals surface area contributed by atoms with E-state index in [9.17, 15) is 19.2 Å². The monoisotopic (exact) mass is 455 g/mol. The van der Waals surface area contributed by atoms with Crippen LogP contribution in [0.15, 0.2) is 0 Å². The summed E-state index contributed by atoms with van der Waals surface area (Å²) in [5.41, 5.74) is 0. The van der Waals surface area contributed by atoms with Crippen molar-refractivity contribution in [3.8, 4) is 0 Å². The van der Waals surface area contributed by atoms with E-state index < -0.39 is 11.9 Å². The van der Waals surface area contributed by atoms with E-state index in [0.29, 0.717) is 13.2 Å². The number of Topliss-reactive ketones (excluding diaryl/α,β-unsaturated/α-hetero) is 2. The zero-order valence-electron chi connectivity index (χ0n) is 11.6. The summed E-state index contributed by atoms with van der Waals surface area (Å²) in [7, 11) is 0. The van der Waals surface area contributed by atoms with E-state index in [0.717, 1.165) is 0 Å². The third kappa shape index (κ3) is 22.6. The molecule has 0 aliphatic carbocycles. The van der Waals surface area contributed by atoms with Crippen molar-refractivity contribution in [2.45, 2.75) is 40.5 Å². The number of rotatable bonds is 6. The van der Waals surface area contributed by atoms with Crippen LogP contribution in [0.1, 0.15) is 40.5 Å². The zero-order valence-corrected chi connectivity index (χ0v) is 13.9. The Labute approximate surface area is 127 Å². The summed E-state index contributed by atoms with van der Waals surface area (Å²) >= 11 is 0. The first-order valence-corrected chi connectivity index (χ1v) is 5.63. The normalized spacial score (nSPS) is 8.21. The van der Waals surface area contributed by atoms with Gasteiger partial charge >= 0.3 is 11.9 Å². The Balaban J connectivity index is -0.000000256. The van der Waals surface area contributed by atoms with Gasteiger partial charge in [-0.3, -0.25) is 19.2 Å². The van der Waals surface area contributed by atoms with Crippen LogP contribution in [-0.2, 0) is 49.7 Å². The largest absolute Gasteiger partial charge is 0.466 e. The van der Waals surface area contributed by atoms with Crippen molar-refractivity contribution in [1.29, 1.82) is 0 Å². The molecule has 0 heterocycles. The van der Waals surface area contributed by atoms with E-state index in [1.807, 2.05) is 0 Å². The molecule has 0 aromatic rings. The van der Waals surface area contributed by atoms with Gasteiger partial charge in [-0.15, -0.1) is 0 Å². The Morgan fingerprint density at radius 1 is 0.737 bits per heavy atom. The summed E-state index contributed by atoms with van der Waals surface area (Å²) in [6.07, 6.45) is -0.207. The fourth-order valence-electron chi connectivity index (χ4n) is 0.831. The Kier molecular flexibility index (Phi) is 18.3. The van der Waals surface area contributed by atoms with Crippen LogP contribution >= 0.6 is 0 Å². The number of carbonyl (C=O) groups excluding carboxylic acids is 4. The van der Waals surface area contributed by atoms with E-state index >= 15 is 0 Å². The summed E-state index contributed by atoms with van der Waals surface area (Å²) in [4.78, 5) is 41.3. The maximum absolute atomic E-state index is 10.4. The van der Waals surface area contributed by atoms with Gasteiger partial charge in [0.05, 0.1) is 13.2 Å². The van der Waals surface area contributed by atoms with Gasteiger partial charge in [0.1, 0.15) is 24.4 Å². The van der Waals surface area contributed by atoms with Crippen LogP contribution in [0.3, 0.4) is 0 Å². The molecule has 0 bridgehead atoms. The van der Waals surface area contributed by atoms with Crippen molar-refractivity contribution in [1.82, 2.24) is 0 Å². The first kappa shape index (κ1) is 23.1. The van der Waals surface area contributed by atoms with Gasteiger partial charge in [-0.1, -0.05) is 0 Å². The van der Waals surface area contributed by atoms with Crippen molar-refractivity contribution in [2.75, 3.05) is 13.2 Å². The summed E-state index contributed by atoms with van der Waals surface area (Å²) in [6.45, 7) is 6.81. The van der Waals surface area contributed by atoms with Crippen LogP contribution in [0.2, 0.25) is 0 Å². The molecule has 6 nitrogen and oxygen atoms in total. The molecular weight excluding hydrogens is 435 g/mol. The Morgan fingerprint density at radius 2 is 1.00 bits per heavy atom. The molecule has 0 fully saturated rings. The first-order chi connectivity index (χ1) is 8.33. The fourth-order valence-corrected chi connectivity index (χ4v) is 0.831. The van der Waals surface area contributed by atoms with Gasteiger partial charge in [0.15, 0.2) is 0 Å². The first-order valence-electron chi connectivity index (χ1n) is 5.63. The molecule has 0 aliphatic rings. The maximum atomic E-state index is 10.4. The molecule has 0 radical (unpaired) electrons. The Hall–Kier alpha value is -1.03. The second kappa shape index (κ2) is 15.0. The number of hydrogen-bond donors (Lipinski definition) is 0. The van der Waals surface area contributed by atoms with Crippen molar-refractivity contribution >= 4 is 23.5 Å². The molecule has 0 rings (SSSR count). The van der Waals surface area contributed by atoms with Crippen molar-refractivity contribution in [3.63, 3.8) is 0 Å². The van der Waals surface area contributed by atoms with Crippen LogP contribution in [-0.4, -0.2) is 36.7 Å². The third-order valence-electron chi connectivity index (χ3n) is 1.40. The van der Waals surface area contributed by atoms with Crippen LogP contribution < -0.4 is 0 Å². The molecule has 0 aliphatic heterocycles. The van der Waals surface area contributed by atoms with Crippen molar-refractivity contribution in [3.05, 3.63) is 0 Å². The minimum absolute atomic E-state index is 0. The van der Waals surface area contributed by atoms with Gasteiger partial charge in [-0.2, -0.15) is 0 Å². The van der Waals surface area contributed by atoms with Gasteiger partial charge in [0, 0.05) is 21.1 Å². The molecule has 0 unspecified atom stereocenters. The molecule has 114 valence electrons. The average Bonchev–Trinajstić information content (AvgIpc) is 2.16. The molecule has 0 N–H and O–H groups in total.